The fraction of sp³-hybridized carbons (Fsp3) is 0.750. The highest BCUT2D eigenvalue weighted by Gasteiger charge is 2.38. The van der Waals surface area contributed by atoms with Crippen molar-refractivity contribution in [1.82, 2.24) is 0 Å². The number of ketones is 1. The highest BCUT2D eigenvalue weighted by Crippen LogP contribution is 2.38. The van der Waals surface area contributed by atoms with Gasteiger partial charge in [0.2, 0.25) is 0 Å². The Labute approximate surface area is 194 Å². The Hall–Kier alpha value is -0.933. The largest absolute Gasteiger partial charge is 0.411 e. The van der Waals surface area contributed by atoms with Crippen LogP contribution in [0.4, 0.5) is 0 Å². The van der Waals surface area contributed by atoms with Crippen molar-refractivity contribution in [2.45, 2.75) is 124 Å². The molecule has 1 saturated carbocycles. The molecular formula is C28H50O2Si. The Kier molecular flexibility index (Phi) is 11.2. The zero-order valence-corrected chi connectivity index (χ0v) is 23.0. The van der Waals surface area contributed by atoms with Gasteiger partial charge in [0, 0.05) is 11.8 Å². The van der Waals surface area contributed by atoms with Crippen LogP contribution < -0.4 is 0 Å². The summed E-state index contributed by atoms with van der Waals surface area (Å²) in [7, 11) is -1.84. The fourth-order valence-electron chi connectivity index (χ4n) is 3.83. The number of hydrogen-bond donors (Lipinski definition) is 0. The van der Waals surface area contributed by atoms with Gasteiger partial charge in [-0.3, -0.25) is 4.79 Å². The second kappa shape index (κ2) is 12.3. The lowest BCUT2D eigenvalue weighted by Crippen LogP contribution is -2.43. The standard InChI is InChI=1S/C28H50O2Si/c1-23(2)15-14-16-24(3)19-20-25(30-31(8,9)27(4,5)6)17-10-12-21-28(7)22-13-11-18-26(28)29/h10,12,15,17,21,24-25H,11,13-14,16,18-20,22H2,1-9H3/b17-10+,21-12+. The summed E-state index contributed by atoms with van der Waals surface area (Å²) in [6, 6.07) is 0. The van der Waals surface area contributed by atoms with Gasteiger partial charge >= 0.3 is 0 Å². The molecule has 0 amide bonds. The molecule has 31 heavy (non-hydrogen) atoms. The van der Waals surface area contributed by atoms with E-state index in [0.717, 1.165) is 32.1 Å². The van der Waals surface area contributed by atoms with Crippen LogP contribution in [0.1, 0.15) is 99.8 Å². The van der Waals surface area contributed by atoms with Crippen molar-refractivity contribution in [1.29, 1.82) is 0 Å². The van der Waals surface area contributed by atoms with E-state index in [4.69, 9.17) is 4.43 Å². The van der Waals surface area contributed by atoms with Gasteiger partial charge < -0.3 is 4.43 Å². The summed E-state index contributed by atoms with van der Waals surface area (Å²) in [6.45, 7) is 20.4. The van der Waals surface area contributed by atoms with Crippen molar-refractivity contribution >= 4 is 14.1 Å². The number of hydrogen-bond acceptors (Lipinski definition) is 2. The molecule has 0 N–H and O–H groups in total. The zero-order chi connectivity index (χ0) is 23.7. The number of carbonyl (C=O) groups excluding carboxylic acids is 1. The molecule has 0 bridgehead atoms. The molecule has 3 atom stereocenters. The zero-order valence-electron chi connectivity index (χ0n) is 22.0. The SMILES string of the molecule is CC(C)=CCCC(C)CCC(/C=C/C=C/C1(C)CCCCC1=O)O[Si](C)(C)C(C)(C)C. The minimum Gasteiger partial charge on any atom is -0.411 e. The molecule has 0 radical (unpaired) electrons. The predicted molar refractivity (Wildman–Crippen MR) is 139 cm³/mol. The lowest BCUT2D eigenvalue weighted by Gasteiger charge is -2.39. The number of rotatable bonds is 11. The molecule has 0 aromatic heterocycles. The first-order valence-electron chi connectivity index (χ1n) is 12.5. The molecule has 0 aromatic carbocycles. The van der Waals surface area contributed by atoms with Gasteiger partial charge in [0.15, 0.2) is 8.32 Å². The van der Waals surface area contributed by atoms with Gasteiger partial charge in [-0.05, 0) is 83.3 Å². The van der Waals surface area contributed by atoms with Crippen molar-refractivity contribution in [3.63, 3.8) is 0 Å². The van der Waals surface area contributed by atoms with E-state index in [0.29, 0.717) is 11.7 Å². The minimum absolute atomic E-state index is 0.145. The van der Waals surface area contributed by atoms with Crippen LogP contribution in [-0.2, 0) is 9.22 Å². The normalized spacial score (nSPS) is 22.8. The highest BCUT2D eigenvalue weighted by atomic mass is 28.4. The lowest BCUT2D eigenvalue weighted by molar-refractivity contribution is -0.127. The molecule has 3 unspecified atom stereocenters. The summed E-state index contributed by atoms with van der Waals surface area (Å²) in [6.07, 6.45) is 19.6. The average Bonchev–Trinajstić information content (AvgIpc) is 2.64. The number of carbonyl (C=O) groups is 1. The predicted octanol–water partition coefficient (Wildman–Crippen LogP) is 8.80. The topological polar surface area (TPSA) is 26.3 Å². The van der Waals surface area contributed by atoms with Crippen molar-refractivity contribution in [2.24, 2.45) is 11.3 Å². The first-order chi connectivity index (χ1) is 14.3. The molecule has 178 valence electrons. The third kappa shape index (κ3) is 10.0. The Morgan fingerprint density at radius 2 is 1.81 bits per heavy atom. The summed E-state index contributed by atoms with van der Waals surface area (Å²) in [5.74, 6) is 1.09. The molecule has 1 aliphatic carbocycles. The second-order valence-corrected chi connectivity index (χ2v) is 16.5. The van der Waals surface area contributed by atoms with Crippen LogP contribution in [0, 0.1) is 11.3 Å². The fourth-order valence-corrected chi connectivity index (χ4v) is 5.14. The van der Waals surface area contributed by atoms with Crippen LogP contribution >= 0.6 is 0 Å². The second-order valence-electron chi connectivity index (χ2n) is 11.7. The smallest absolute Gasteiger partial charge is 0.192 e. The van der Waals surface area contributed by atoms with Crippen LogP contribution in [-0.4, -0.2) is 20.2 Å². The summed E-state index contributed by atoms with van der Waals surface area (Å²) >= 11 is 0. The Bertz CT molecular complexity index is 646. The van der Waals surface area contributed by atoms with E-state index < -0.39 is 8.32 Å². The monoisotopic (exact) mass is 446 g/mol. The Balaban J connectivity index is 2.79. The molecule has 1 aliphatic rings. The quantitative estimate of drug-likeness (QED) is 0.180. The van der Waals surface area contributed by atoms with E-state index in [1.165, 1.54) is 24.8 Å². The van der Waals surface area contributed by atoms with Gasteiger partial charge in [-0.2, -0.15) is 0 Å². The average molecular weight is 447 g/mol. The van der Waals surface area contributed by atoms with Crippen molar-refractivity contribution in [2.75, 3.05) is 0 Å². The van der Waals surface area contributed by atoms with Crippen LogP contribution in [0.3, 0.4) is 0 Å². The van der Waals surface area contributed by atoms with E-state index in [9.17, 15) is 4.79 Å². The molecule has 0 aliphatic heterocycles. The highest BCUT2D eigenvalue weighted by molar-refractivity contribution is 6.74. The molecule has 0 heterocycles. The van der Waals surface area contributed by atoms with Gasteiger partial charge in [0.1, 0.15) is 5.78 Å². The molecule has 0 saturated heterocycles. The summed E-state index contributed by atoms with van der Waals surface area (Å²) in [5, 5.41) is 0.200. The first-order valence-corrected chi connectivity index (χ1v) is 15.4. The van der Waals surface area contributed by atoms with Crippen LogP contribution in [0.25, 0.3) is 0 Å². The summed E-state index contributed by atoms with van der Waals surface area (Å²) in [4.78, 5) is 12.3. The van der Waals surface area contributed by atoms with E-state index >= 15 is 0 Å². The van der Waals surface area contributed by atoms with Crippen molar-refractivity contribution in [3.05, 3.63) is 36.0 Å². The van der Waals surface area contributed by atoms with Gasteiger partial charge in [-0.1, -0.05) is 70.1 Å². The maximum absolute atomic E-state index is 12.3. The lowest BCUT2D eigenvalue weighted by atomic mass is 9.74. The minimum atomic E-state index is -1.84. The van der Waals surface area contributed by atoms with E-state index in [2.05, 4.69) is 91.9 Å². The molecule has 3 heteroatoms. The molecule has 1 fully saturated rings. The third-order valence-electron chi connectivity index (χ3n) is 7.30. The number of Topliss-reactive ketones (excluding diaryl/α,β-unsaturated/α-hetero) is 1. The van der Waals surface area contributed by atoms with Gasteiger partial charge in [-0.15, -0.1) is 0 Å². The van der Waals surface area contributed by atoms with Gasteiger partial charge in [0.05, 0.1) is 6.10 Å². The van der Waals surface area contributed by atoms with Crippen LogP contribution in [0.2, 0.25) is 18.1 Å². The van der Waals surface area contributed by atoms with Crippen molar-refractivity contribution < 1.29 is 9.22 Å². The Morgan fingerprint density at radius 1 is 1.13 bits per heavy atom. The summed E-state index contributed by atoms with van der Waals surface area (Å²) in [5.41, 5.74) is 1.13. The van der Waals surface area contributed by atoms with Gasteiger partial charge in [-0.25, -0.2) is 0 Å². The maximum Gasteiger partial charge on any atom is 0.192 e. The number of allylic oxidation sites excluding steroid dienone is 5. The van der Waals surface area contributed by atoms with E-state index in [1.807, 2.05) is 0 Å². The van der Waals surface area contributed by atoms with Crippen LogP contribution in [0.5, 0.6) is 0 Å². The molecule has 0 spiro atoms. The molecule has 0 aromatic rings. The maximum atomic E-state index is 12.3. The van der Waals surface area contributed by atoms with Crippen LogP contribution in [0.15, 0.2) is 36.0 Å². The van der Waals surface area contributed by atoms with E-state index in [1.54, 1.807) is 0 Å². The third-order valence-corrected chi connectivity index (χ3v) is 11.8. The Morgan fingerprint density at radius 3 is 2.39 bits per heavy atom. The molecular weight excluding hydrogens is 396 g/mol. The summed E-state index contributed by atoms with van der Waals surface area (Å²) < 4.78 is 6.77. The van der Waals surface area contributed by atoms with Gasteiger partial charge in [0.25, 0.3) is 0 Å². The molecule has 1 rings (SSSR count). The molecule has 2 nitrogen and oxygen atoms in total. The van der Waals surface area contributed by atoms with E-state index in [-0.39, 0.29) is 16.6 Å². The van der Waals surface area contributed by atoms with Crippen molar-refractivity contribution in [3.8, 4) is 0 Å². The first kappa shape index (κ1) is 28.1.